The number of amides is 1. The molecule has 2 aromatic carbocycles. The number of aliphatic hydroxyl groups excluding tert-OH is 1. The van der Waals surface area contributed by atoms with Gasteiger partial charge in [0, 0.05) is 29.6 Å². The molecule has 0 atom stereocenters. The fourth-order valence-electron chi connectivity index (χ4n) is 3.38. The number of aromatic nitrogens is 1. The molecule has 0 fully saturated rings. The van der Waals surface area contributed by atoms with Gasteiger partial charge in [-0.05, 0) is 43.5 Å². The second kappa shape index (κ2) is 7.30. The Kier molecular flexibility index (Phi) is 5.09. The number of H-pyrrole nitrogens is 1. The van der Waals surface area contributed by atoms with Crippen molar-refractivity contribution in [3.63, 3.8) is 0 Å². The van der Waals surface area contributed by atoms with Gasteiger partial charge in [0.05, 0.1) is 6.61 Å². The van der Waals surface area contributed by atoms with Crippen molar-refractivity contribution in [1.82, 2.24) is 9.88 Å². The predicted molar refractivity (Wildman–Crippen MR) is 101 cm³/mol. The summed E-state index contributed by atoms with van der Waals surface area (Å²) in [7, 11) is 0. The van der Waals surface area contributed by atoms with E-state index in [0.29, 0.717) is 11.3 Å². The van der Waals surface area contributed by atoms with Crippen LogP contribution in [0.25, 0.3) is 10.9 Å². The number of fused-ring (bicyclic) bond motifs is 1. The van der Waals surface area contributed by atoms with E-state index in [-0.39, 0.29) is 31.4 Å². The van der Waals surface area contributed by atoms with Crippen molar-refractivity contribution in [2.75, 3.05) is 13.2 Å². The molecular weight excluding hydrogens is 331 g/mol. The zero-order valence-electron chi connectivity index (χ0n) is 15.3. The number of carbonyl (C=O) groups is 1. The van der Waals surface area contributed by atoms with Crippen LogP contribution in [0.2, 0.25) is 0 Å². The third kappa shape index (κ3) is 3.22. The van der Waals surface area contributed by atoms with Crippen molar-refractivity contribution < 1.29 is 14.3 Å². The molecular formula is C21H23FN2O2. The van der Waals surface area contributed by atoms with Crippen LogP contribution in [-0.2, 0) is 6.54 Å². The van der Waals surface area contributed by atoms with Crippen LogP contribution in [0, 0.1) is 26.6 Å². The molecule has 0 aliphatic heterocycles. The molecule has 136 valence electrons. The van der Waals surface area contributed by atoms with Crippen molar-refractivity contribution in [3.8, 4) is 0 Å². The molecule has 1 aromatic heterocycles. The Morgan fingerprint density at radius 1 is 1.12 bits per heavy atom. The van der Waals surface area contributed by atoms with E-state index in [1.807, 2.05) is 32.9 Å². The van der Waals surface area contributed by atoms with Gasteiger partial charge in [0.2, 0.25) is 0 Å². The summed E-state index contributed by atoms with van der Waals surface area (Å²) in [5.41, 5.74) is 4.90. The number of carbonyl (C=O) groups excluding carboxylic acids is 1. The highest BCUT2D eigenvalue weighted by Crippen LogP contribution is 2.28. The van der Waals surface area contributed by atoms with Gasteiger partial charge in [0.25, 0.3) is 5.91 Å². The fourth-order valence-corrected chi connectivity index (χ4v) is 3.38. The molecule has 1 heterocycles. The molecule has 26 heavy (non-hydrogen) atoms. The number of halogens is 1. The van der Waals surface area contributed by atoms with E-state index in [0.717, 1.165) is 27.6 Å². The minimum absolute atomic E-state index is 0.110. The van der Waals surface area contributed by atoms with E-state index < -0.39 is 0 Å². The molecule has 0 aliphatic carbocycles. The number of rotatable bonds is 5. The Morgan fingerprint density at radius 2 is 1.81 bits per heavy atom. The van der Waals surface area contributed by atoms with Gasteiger partial charge >= 0.3 is 0 Å². The van der Waals surface area contributed by atoms with Crippen molar-refractivity contribution in [2.24, 2.45) is 0 Å². The normalized spacial score (nSPS) is 11.1. The Labute approximate surface area is 152 Å². The van der Waals surface area contributed by atoms with Crippen LogP contribution in [-0.4, -0.2) is 34.0 Å². The van der Waals surface area contributed by atoms with Crippen LogP contribution in [0.1, 0.15) is 32.7 Å². The molecule has 0 aliphatic rings. The highest BCUT2D eigenvalue weighted by atomic mass is 19.1. The molecule has 5 heteroatoms. The van der Waals surface area contributed by atoms with Gasteiger partial charge in [0.15, 0.2) is 0 Å². The number of nitrogens with one attached hydrogen (secondary N) is 1. The molecule has 0 saturated carbocycles. The minimum Gasteiger partial charge on any atom is -0.395 e. The number of aliphatic hydroxyl groups is 1. The molecule has 0 bridgehead atoms. The third-order valence-electron chi connectivity index (χ3n) is 4.81. The van der Waals surface area contributed by atoms with Gasteiger partial charge in [-0.2, -0.15) is 0 Å². The van der Waals surface area contributed by atoms with Crippen molar-refractivity contribution >= 4 is 16.8 Å². The van der Waals surface area contributed by atoms with Gasteiger partial charge in [0.1, 0.15) is 11.5 Å². The average molecular weight is 354 g/mol. The highest BCUT2D eigenvalue weighted by molar-refractivity contribution is 6.02. The molecule has 3 rings (SSSR count). The summed E-state index contributed by atoms with van der Waals surface area (Å²) in [6.45, 7) is 5.99. The monoisotopic (exact) mass is 354 g/mol. The quantitative estimate of drug-likeness (QED) is 0.731. The van der Waals surface area contributed by atoms with Gasteiger partial charge in [-0.3, -0.25) is 4.79 Å². The van der Waals surface area contributed by atoms with E-state index in [1.165, 1.54) is 11.0 Å². The second-order valence-electron chi connectivity index (χ2n) is 6.62. The molecule has 0 radical (unpaired) electrons. The van der Waals surface area contributed by atoms with Crippen LogP contribution >= 0.6 is 0 Å². The van der Waals surface area contributed by atoms with E-state index in [4.69, 9.17) is 0 Å². The number of hydrogen-bond donors (Lipinski definition) is 2. The zero-order chi connectivity index (χ0) is 18.8. The maximum absolute atomic E-state index is 14.0. The summed E-state index contributed by atoms with van der Waals surface area (Å²) in [5, 5.41) is 10.4. The maximum Gasteiger partial charge on any atom is 0.270 e. The van der Waals surface area contributed by atoms with Crippen molar-refractivity contribution in [1.29, 1.82) is 0 Å². The van der Waals surface area contributed by atoms with Crippen LogP contribution in [0.4, 0.5) is 4.39 Å². The molecule has 1 amide bonds. The van der Waals surface area contributed by atoms with Gasteiger partial charge in [-0.15, -0.1) is 0 Å². The Bertz CT molecular complexity index is 962. The van der Waals surface area contributed by atoms with Crippen molar-refractivity contribution in [3.05, 3.63) is 70.2 Å². The lowest BCUT2D eigenvalue weighted by Crippen LogP contribution is -2.34. The first-order valence-corrected chi connectivity index (χ1v) is 8.66. The largest absolute Gasteiger partial charge is 0.395 e. The molecule has 0 unspecified atom stereocenters. The fraction of sp³-hybridized carbons (Fsp3) is 0.286. The lowest BCUT2D eigenvalue weighted by Gasteiger charge is -2.22. The minimum atomic E-state index is -0.358. The van der Waals surface area contributed by atoms with Crippen LogP contribution in [0.3, 0.4) is 0 Å². The standard InChI is InChI=1S/C21H23FN2O2/c1-13-8-9-14(2)19-18(13)15(3)20(23-19)21(26)24(10-11-25)12-16-6-4-5-7-17(16)22/h4-9,23,25H,10-12H2,1-3H3. The summed E-state index contributed by atoms with van der Waals surface area (Å²) in [5.74, 6) is -0.599. The SMILES string of the molecule is Cc1ccc(C)c2c(C)c(C(=O)N(CCO)Cc3ccccc3F)[nH]c12. The predicted octanol–water partition coefficient (Wildman–Crippen LogP) is 3.87. The lowest BCUT2D eigenvalue weighted by atomic mass is 10.0. The summed E-state index contributed by atoms with van der Waals surface area (Å²) in [6.07, 6.45) is 0. The first-order chi connectivity index (χ1) is 12.4. The Morgan fingerprint density at radius 3 is 2.46 bits per heavy atom. The molecule has 2 N–H and O–H groups in total. The average Bonchev–Trinajstić information content (AvgIpc) is 2.98. The van der Waals surface area contributed by atoms with Gasteiger partial charge in [-0.1, -0.05) is 30.3 Å². The lowest BCUT2D eigenvalue weighted by molar-refractivity contribution is 0.0700. The highest BCUT2D eigenvalue weighted by Gasteiger charge is 2.23. The topological polar surface area (TPSA) is 56.3 Å². The summed E-state index contributed by atoms with van der Waals surface area (Å²) < 4.78 is 14.0. The summed E-state index contributed by atoms with van der Waals surface area (Å²) >= 11 is 0. The Balaban J connectivity index is 2.01. The second-order valence-corrected chi connectivity index (χ2v) is 6.62. The Hall–Kier alpha value is -2.66. The molecule has 0 saturated heterocycles. The van der Waals surface area contributed by atoms with E-state index >= 15 is 0 Å². The van der Waals surface area contributed by atoms with Crippen LogP contribution < -0.4 is 0 Å². The summed E-state index contributed by atoms with van der Waals surface area (Å²) in [6, 6.07) is 10.4. The third-order valence-corrected chi connectivity index (χ3v) is 4.81. The van der Waals surface area contributed by atoms with Crippen molar-refractivity contribution in [2.45, 2.75) is 27.3 Å². The maximum atomic E-state index is 14.0. The molecule has 4 nitrogen and oxygen atoms in total. The van der Waals surface area contributed by atoms with E-state index in [1.54, 1.807) is 18.2 Å². The van der Waals surface area contributed by atoms with Gasteiger partial charge < -0.3 is 15.0 Å². The first kappa shape index (κ1) is 18.1. The molecule has 3 aromatic rings. The van der Waals surface area contributed by atoms with Gasteiger partial charge in [-0.25, -0.2) is 4.39 Å². The number of benzene rings is 2. The summed E-state index contributed by atoms with van der Waals surface area (Å²) in [4.78, 5) is 17.8. The zero-order valence-corrected chi connectivity index (χ0v) is 15.3. The molecule has 0 spiro atoms. The smallest absolute Gasteiger partial charge is 0.270 e. The first-order valence-electron chi connectivity index (χ1n) is 8.66. The van der Waals surface area contributed by atoms with E-state index in [9.17, 15) is 14.3 Å². The number of aryl methyl sites for hydroxylation is 3. The number of nitrogens with zero attached hydrogens (tertiary/aromatic N) is 1. The van der Waals surface area contributed by atoms with Crippen LogP contribution in [0.5, 0.6) is 0 Å². The number of aromatic amines is 1. The number of hydrogen-bond acceptors (Lipinski definition) is 2. The van der Waals surface area contributed by atoms with E-state index in [2.05, 4.69) is 4.98 Å². The van der Waals surface area contributed by atoms with Crippen LogP contribution in [0.15, 0.2) is 36.4 Å².